The summed E-state index contributed by atoms with van der Waals surface area (Å²) >= 11 is 7.41. The summed E-state index contributed by atoms with van der Waals surface area (Å²) in [7, 11) is 1.41. The van der Waals surface area contributed by atoms with Crippen LogP contribution < -0.4 is 5.32 Å². The summed E-state index contributed by atoms with van der Waals surface area (Å²) in [5.41, 5.74) is 0.406. The molecular formula is C20H16ClFN2O4S. The molecule has 3 aromatic rings. The first-order chi connectivity index (χ1) is 13.8. The van der Waals surface area contributed by atoms with E-state index >= 15 is 0 Å². The van der Waals surface area contributed by atoms with Crippen molar-refractivity contribution >= 4 is 56.5 Å². The molecule has 0 aliphatic carbocycles. The van der Waals surface area contributed by atoms with Crippen molar-refractivity contribution in [1.82, 2.24) is 4.90 Å². The van der Waals surface area contributed by atoms with Crippen molar-refractivity contribution in [3.8, 4) is 0 Å². The molecule has 0 aliphatic rings. The van der Waals surface area contributed by atoms with Crippen LogP contribution in [0.5, 0.6) is 0 Å². The molecule has 2 amide bonds. The normalized spacial score (nSPS) is 10.6. The predicted molar refractivity (Wildman–Crippen MR) is 110 cm³/mol. The fraction of sp³-hybridized carbons (Fsp3) is 0.150. The molecule has 2 aromatic carbocycles. The highest BCUT2D eigenvalue weighted by atomic mass is 35.5. The number of rotatable bonds is 6. The molecule has 0 saturated heterocycles. The molecule has 0 unspecified atom stereocenters. The molecule has 0 atom stereocenters. The van der Waals surface area contributed by atoms with Gasteiger partial charge in [-0.25, -0.2) is 9.18 Å². The number of ether oxygens (including phenoxy) is 1. The minimum Gasteiger partial charge on any atom is -0.451 e. The Bertz CT molecular complexity index is 1070. The van der Waals surface area contributed by atoms with Gasteiger partial charge in [0.25, 0.3) is 5.91 Å². The maximum absolute atomic E-state index is 12.9. The number of benzene rings is 2. The lowest BCUT2D eigenvalue weighted by atomic mass is 10.2. The van der Waals surface area contributed by atoms with Crippen molar-refractivity contribution in [2.75, 3.05) is 25.5 Å². The van der Waals surface area contributed by atoms with E-state index in [0.29, 0.717) is 5.69 Å². The molecule has 0 radical (unpaired) electrons. The van der Waals surface area contributed by atoms with Crippen LogP contribution in [0.15, 0.2) is 48.5 Å². The van der Waals surface area contributed by atoms with Gasteiger partial charge in [0.1, 0.15) is 10.7 Å². The fourth-order valence-electron chi connectivity index (χ4n) is 2.49. The predicted octanol–water partition coefficient (Wildman–Crippen LogP) is 3.95. The van der Waals surface area contributed by atoms with Gasteiger partial charge in [-0.3, -0.25) is 9.59 Å². The Labute approximate surface area is 174 Å². The van der Waals surface area contributed by atoms with Gasteiger partial charge in [-0.1, -0.05) is 29.8 Å². The van der Waals surface area contributed by atoms with Crippen LogP contribution in [0.1, 0.15) is 9.67 Å². The quantitative estimate of drug-likeness (QED) is 0.596. The molecule has 9 heteroatoms. The van der Waals surface area contributed by atoms with E-state index < -0.39 is 30.2 Å². The molecule has 0 aliphatic heterocycles. The third kappa shape index (κ3) is 5.10. The lowest BCUT2D eigenvalue weighted by Gasteiger charge is -2.16. The number of likely N-dealkylation sites (N-methyl/N-ethyl adjacent to an activating group) is 1. The molecule has 6 nitrogen and oxygen atoms in total. The first kappa shape index (κ1) is 20.8. The second kappa shape index (κ2) is 9.02. The Morgan fingerprint density at radius 1 is 1.14 bits per heavy atom. The largest absolute Gasteiger partial charge is 0.451 e. The van der Waals surface area contributed by atoms with E-state index in [1.807, 2.05) is 18.2 Å². The summed E-state index contributed by atoms with van der Waals surface area (Å²) in [4.78, 5) is 37.8. The van der Waals surface area contributed by atoms with Crippen molar-refractivity contribution in [2.24, 2.45) is 0 Å². The zero-order valence-corrected chi connectivity index (χ0v) is 16.8. The van der Waals surface area contributed by atoms with Crippen molar-refractivity contribution in [3.05, 3.63) is 64.2 Å². The van der Waals surface area contributed by atoms with Crippen LogP contribution in [0.4, 0.5) is 10.1 Å². The molecule has 3 rings (SSSR count). The molecule has 29 heavy (non-hydrogen) atoms. The highest BCUT2D eigenvalue weighted by Crippen LogP contribution is 2.35. The van der Waals surface area contributed by atoms with E-state index in [4.69, 9.17) is 16.3 Å². The monoisotopic (exact) mass is 434 g/mol. The first-order valence-corrected chi connectivity index (χ1v) is 9.68. The first-order valence-electron chi connectivity index (χ1n) is 8.48. The number of nitrogens with one attached hydrogen (secondary N) is 1. The van der Waals surface area contributed by atoms with Crippen LogP contribution in [0.2, 0.25) is 5.02 Å². The van der Waals surface area contributed by atoms with E-state index in [1.165, 1.54) is 42.6 Å². The molecule has 1 N–H and O–H groups in total. The molecule has 0 saturated carbocycles. The second-order valence-corrected chi connectivity index (χ2v) is 7.55. The standard InChI is InChI=1S/C20H16ClFN2O4S/c1-24(10-16(25)23-13-8-6-12(22)7-9-13)17(26)11-28-20(27)19-18(21)14-4-2-3-5-15(14)29-19/h2-9H,10-11H2,1H3,(H,23,25). The van der Waals surface area contributed by atoms with Gasteiger partial charge in [-0.2, -0.15) is 0 Å². The van der Waals surface area contributed by atoms with Crippen LogP contribution in [0.3, 0.4) is 0 Å². The summed E-state index contributed by atoms with van der Waals surface area (Å²) in [6, 6.07) is 12.5. The molecule has 0 spiro atoms. The number of esters is 1. The number of hydrogen-bond donors (Lipinski definition) is 1. The second-order valence-electron chi connectivity index (χ2n) is 6.12. The maximum Gasteiger partial charge on any atom is 0.350 e. The van der Waals surface area contributed by atoms with E-state index in [9.17, 15) is 18.8 Å². The molecular weight excluding hydrogens is 419 g/mol. The minimum absolute atomic E-state index is 0.220. The van der Waals surface area contributed by atoms with Crippen molar-refractivity contribution in [3.63, 3.8) is 0 Å². The number of halogens is 2. The molecule has 0 bridgehead atoms. The SMILES string of the molecule is CN(CC(=O)Nc1ccc(F)cc1)C(=O)COC(=O)c1sc2ccccc2c1Cl. The van der Waals surface area contributed by atoms with Crippen LogP contribution in [0, 0.1) is 5.82 Å². The third-order valence-electron chi connectivity index (χ3n) is 3.98. The van der Waals surface area contributed by atoms with E-state index in [-0.39, 0.29) is 16.4 Å². The van der Waals surface area contributed by atoms with Gasteiger partial charge in [-0.05, 0) is 30.3 Å². The van der Waals surface area contributed by atoms with Crippen LogP contribution in [0.25, 0.3) is 10.1 Å². The number of anilines is 1. The van der Waals surface area contributed by atoms with E-state index in [1.54, 1.807) is 6.07 Å². The maximum atomic E-state index is 12.9. The zero-order chi connectivity index (χ0) is 21.0. The van der Waals surface area contributed by atoms with Gasteiger partial charge >= 0.3 is 5.97 Å². The van der Waals surface area contributed by atoms with Crippen molar-refractivity contribution in [2.45, 2.75) is 0 Å². The highest BCUT2D eigenvalue weighted by molar-refractivity contribution is 7.21. The molecule has 1 aromatic heterocycles. The van der Waals surface area contributed by atoms with Gasteiger partial charge in [0.05, 0.1) is 11.6 Å². The summed E-state index contributed by atoms with van der Waals surface area (Å²) in [5, 5.41) is 3.57. The van der Waals surface area contributed by atoms with E-state index in [0.717, 1.165) is 15.0 Å². The average molecular weight is 435 g/mol. The summed E-state index contributed by atoms with van der Waals surface area (Å²) in [5.74, 6) is -2.14. The highest BCUT2D eigenvalue weighted by Gasteiger charge is 2.21. The number of nitrogens with zero attached hydrogens (tertiary/aromatic N) is 1. The van der Waals surface area contributed by atoms with Gasteiger partial charge in [0, 0.05) is 22.8 Å². The lowest BCUT2D eigenvalue weighted by Crippen LogP contribution is -2.37. The summed E-state index contributed by atoms with van der Waals surface area (Å²) in [6.45, 7) is -0.777. The van der Waals surface area contributed by atoms with Crippen LogP contribution >= 0.6 is 22.9 Å². The number of carbonyl (C=O) groups is 3. The Morgan fingerprint density at radius 2 is 1.83 bits per heavy atom. The summed E-state index contributed by atoms with van der Waals surface area (Å²) in [6.07, 6.45) is 0. The Hall–Kier alpha value is -2.97. The Balaban J connectivity index is 1.52. The van der Waals surface area contributed by atoms with Gasteiger partial charge in [0.15, 0.2) is 6.61 Å². The smallest absolute Gasteiger partial charge is 0.350 e. The van der Waals surface area contributed by atoms with Crippen LogP contribution in [-0.2, 0) is 14.3 Å². The van der Waals surface area contributed by atoms with Crippen molar-refractivity contribution in [1.29, 1.82) is 0 Å². The molecule has 150 valence electrons. The van der Waals surface area contributed by atoms with Gasteiger partial charge in [0.2, 0.25) is 5.91 Å². The average Bonchev–Trinajstić information content (AvgIpc) is 3.04. The molecule has 1 heterocycles. The Kier molecular flexibility index (Phi) is 6.46. The minimum atomic E-state index is -0.700. The zero-order valence-electron chi connectivity index (χ0n) is 15.3. The fourth-order valence-corrected chi connectivity index (χ4v) is 3.89. The van der Waals surface area contributed by atoms with Crippen molar-refractivity contribution < 1.29 is 23.5 Å². The van der Waals surface area contributed by atoms with Crippen LogP contribution in [-0.4, -0.2) is 42.9 Å². The number of amides is 2. The summed E-state index contributed by atoms with van der Waals surface area (Å²) < 4.78 is 18.8. The lowest BCUT2D eigenvalue weighted by molar-refractivity contribution is -0.136. The molecule has 0 fully saturated rings. The van der Waals surface area contributed by atoms with E-state index in [2.05, 4.69) is 5.32 Å². The number of hydrogen-bond acceptors (Lipinski definition) is 5. The Morgan fingerprint density at radius 3 is 2.52 bits per heavy atom. The number of thiophene rings is 1. The topological polar surface area (TPSA) is 75.7 Å². The third-order valence-corrected chi connectivity index (χ3v) is 5.64. The number of carbonyl (C=O) groups excluding carboxylic acids is 3. The van der Waals surface area contributed by atoms with Gasteiger partial charge in [-0.15, -0.1) is 11.3 Å². The number of fused-ring (bicyclic) bond motifs is 1. The van der Waals surface area contributed by atoms with Gasteiger partial charge < -0.3 is 15.0 Å².